The van der Waals surface area contributed by atoms with Crippen molar-refractivity contribution in [3.05, 3.63) is 59.9 Å². The normalized spacial score (nSPS) is 14.3. The van der Waals surface area contributed by atoms with E-state index in [9.17, 15) is 17.6 Å². The Morgan fingerprint density at radius 3 is 2.30 bits per heavy atom. The summed E-state index contributed by atoms with van der Waals surface area (Å²) >= 11 is 0. The molecule has 0 unspecified atom stereocenters. The molecule has 3 rings (SSSR count). The summed E-state index contributed by atoms with van der Waals surface area (Å²) in [7, 11) is -4.01. The van der Waals surface area contributed by atoms with E-state index in [4.69, 9.17) is 0 Å². The van der Waals surface area contributed by atoms with Crippen LogP contribution in [0.2, 0.25) is 0 Å². The average Bonchev–Trinajstić information content (AvgIpc) is 3.31. The van der Waals surface area contributed by atoms with E-state index in [2.05, 4.69) is 10.0 Å². The fourth-order valence-electron chi connectivity index (χ4n) is 2.06. The topological polar surface area (TPSA) is 75.3 Å². The second kappa shape index (κ2) is 6.00. The molecule has 0 saturated heterocycles. The Labute approximate surface area is 133 Å². The number of halogens is 1. The van der Waals surface area contributed by atoms with Crippen molar-refractivity contribution in [3.8, 4) is 0 Å². The predicted molar refractivity (Wildman–Crippen MR) is 84.1 cm³/mol. The monoisotopic (exact) mass is 334 g/mol. The molecular weight excluding hydrogens is 319 g/mol. The number of anilines is 1. The van der Waals surface area contributed by atoms with Crippen molar-refractivity contribution in [2.24, 2.45) is 0 Å². The van der Waals surface area contributed by atoms with Crippen LogP contribution in [0.4, 0.5) is 10.1 Å². The van der Waals surface area contributed by atoms with E-state index in [0.717, 1.165) is 18.9 Å². The molecule has 1 aliphatic carbocycles. The third kappa shape index (κ3) is 3.68. The fraction of sp³-hybridized carbons (Fsp3) is 0.188. The number of rotatable bonds is 5. The zero-order valence-electron chi connectivity index (χ0n) is 12.1. The Kier molecular flexibility index (Phi) is 4.04. The highest BCUT2D eigenvalue weighted by Gasteiger charge is 2.24. The maximum Gasteiger partial charge on any atom is 0.264 e. The van der Waals surface area contributed by atoms with Crippen molar-refractivity contribution in [1.82, 2.24) is 5.32 Å². The summed E-state index contributed by atoms with van der Waals surface area (Å²) in [5.41, 5.74) is 0.710. The van der Waals surface area contributed by atoms with Gasteiger partial charge in [0, 0.05) is 17.3 Å². The molecule has 23 heavy (non-hydrogen) atoms. The lowest BCUT2D eigenvalue weighted by atomic mass is 10.2. The summed E-state index contributed by atoms with van der Waals surface area (Å²) in [6.45, 7) is 0. The van der Waals surface area contributed by atoms with Gasteiger partial charge in [0.15, 0.2) is 0 Å². The van der Waals surface area contributed by atoms with Crippen molar-refractivity contribution >= 4 is 21.6 Å². The number of benzene rings is 2. The van der Waals surface area contributed by atoms with Crippen LogP contribution in [-0.4, -0.2) is 20.4 Å². The van der Waals surface area contributed by atoms with E-state index in [1.54, 1.807) is 0 Å². The molecule has 1 fully saturated rings. The van der Waals surface area contributed by atoms with Crippen LogP contribution in [0.3, 0.4) is 0 Å². The minimum absolute atomic E-state index is 0.184. The molecule has 0 bridgehead atoms. The molecule has 0 heterocycles. The molecule has 0 radical (unpaired) electrons. The van der Waals surface area contributed by atoms with Gasteiger partial charge in [-0.2, -0.15) is 0 Å². The standard InChI is InChI=1S/C16H15FN2O3S/c17-14-3-1-2-4-15(14)23(21,22)19-13-7-5-11(6-8-13)16(20)18-12-9-10-12/h1-8,12,19H,9-10H2,(H,18,20). The van der Waals surface area contributed by atoms with Gasteiger partial charge in [0.2, 0.25) is 0 Å². The third-order valence-corrected chi connectivity index (χ3v) is 4.85. The molecule has 7 heteroatoms. The molecular formula is C16H15FN2O3S. The first kappa shape index (κ1) is 15.5. The summed E-state index contributed by atoms with van der Waals surface area (Å²) in [4.78, 5) is 11.4. The molecule has 1 amide bonds. The summed E-state index contributed by atoms with van der Waals surface area (Å²) < 4.78 is 40.2. The van der Waals surface area contributed by atoms with E-state index in [0.29, 0.717) is 5.56 Å². The van der Waals surface area contributed by atoms with Crippen LogP contribution in [0.15, 0.2) is 53.4 Å². The highest BCUT2D eigenvalue weighted by molar-refractivity contribution is 7.92. The minimum atomic E-state index is -4.01. The largest absolute Gasteiger partial charge is 0.349 e. The zero-order valence-corrected chi connectivity index (χ0v) is 12.9. The van der Waals surface area contributed by atoms with Gasteiger partial charge in [0.25, 0.3) is 15.9 Å². The lowest BCUT2D eigenvalue weighted by molar-refractivity contribution is 0.0951. The Morgan fingerprint density at radius 2 is 1.70 bits per heavy atom. The Morgan fingerprint density at radius 1 is 1.04 bits per heavy atom. The summed E-state index contributed by atoms with van der Waals surface area (Å²) in [6, 6.07) is 11.4. The number of carbonyl (C=O) groups is 1. The van der Waals surface area contributed by atoms with Crippen LogP contribution >= 0.6 is 0 Å². The lowest BCUT2D eigenvalue weighted by Crippen LogP contribution is -2.25. The van der Waals surface area contributed by atoms with E-state index >= 15 is 0 Å². The van der Waals surface area contributed by atoms with Crippen LogP contribution in [0.1, 0.15) is 23.2 Å². The first-order chi connectivity index (χ1) is 11.0. The molecule has 0 aliphatic heterocycles. The average molecular weight is 334 g/mol. The van der Waals surface area contributed by atoms with E-state index in [1.807, 2.05) is 0 Å². The number of sulfonamides is 1. The van der Waals surface area contributed by atoms with Crippen molar-refractivity contribution in [3.63, 3.8) is 0 Å². The maximum atomic E-state index is 13.6. The van der Waals surface area contributed by atoms with Gasteiger partial charge in [-0.15, -0.1) is 0 Å². The number of carbonyl (C=O) groups excluding carboxylic acids is 1. The summed E-state index contributed by atoms with van der Waals surface area (Å²) in [5, 5.41) is 2.84. The second-order valence-electron chi connectivity index (χ2n) is 5.36. The first-order valence-corrected chi connectivity index (χ1v) is 8.62. The molecule has 1 saturated carbocycles. The summed E-state index contributed by atoms with van der Waals surface area (Å²) in [6.07, 6.45) is 1.98. The first-order valence-electron chi connectivity index (χ1n) is 7.14. The molecule has 5 nitrogen and oxygen atoms in total. The molecule has 1 aliphatic rings. The van der Waals surface area contributed by atoms with Gasteiger partial charge in [0.05, 0.1) is 0 Å². The lowest BCUT2D eigenvalue weighted by Gasteiger charge is -2.09. The molecule has 0 spiro atoms. The SMILES string of the molecule is O=C(NC1CC1)c1ccc(NS(=O)(=O)c2ccccc2F)cc1. The predicted octanol–water partition coefficient (Wildman–Crippen LogP) is 2.52. The van der Waals surface area contributed by atoms with Crippen molar-refractivity contribution in [2.45, 2.75) is 23.8 Å². The van der Waals surface area contributed by atoms with Crippen LogP contribution < -0.4 is 10.0 Å². The van der Waals surface area contributed by atoms with E-state index in [-0.39, 0.29) is 17.6 Å². The minimum Gasteiger partial charge on any atom is -0.349 e. The molecule has 2 N–H and O–H groups in total. The summed E-state index contributed by atoms with van der Waals surface area (Å²) in [5.74, 6) is -1.00. The molecule has 2 aromatic carbocycles. The van der Waals surface area contributed by atoms with Gasteiger partial charge in [0.1, 0.15) is 10.7 Å². The Bertz CT molecular complexity index is 831. The number of amides is 1. The molecule has 120 valence electrons. The second-order valence-corrected chi connectivity index (χ2v) is 7.01. The number of hydrogen-bond acceptors (Lipinski definition) is 3. The van der Waals surface area contributed by atoms with Gasteiger partial charge in [-0.05, 0) is 49.2 Å². The molecule has 2 aromatic rings. The zero-order chi connectivity index (χ0) is 16.4. The number of nitrogens with one attached hydrogen (secondary N) is 2. The smallest absolute Gasteiger partial charge is 0.264 e. The third-order valence-electron chi connectivity index (χ3n) is 3.44. The highest BCUT2D eigenvalue weighted by Crippen LogP contribution is 2.21. The van der Waals surface area contributed by atoms with Crippen molar-refractivity contribution in [1.29, 1.82) is 0 Å². The highest BCUT2D eigenvalue weighted by atomic mass is 32.2. The molecule has 0 aromatic heterocycles. The van der Waals surface area contributed by atoms with E-state index < -0.39 is 20.7 Å². The van der Waals surface area contributed by atoms with Crippen LogP contribution in [0.25, 0.3) is 0 Å². The van der Waals surface area contributed by atoms with Gasteiger partial charge < -0.3 is 5.32 Å². The Balaban J connectivity index is 1.75. The maximum absolute atomic E-state index is 13.6. The van der Waals surface area contributed by atoms with Crippen LogP contribution in [0.5, 0.6) is 0 Å². The van der Waals surface area contributed by atoms with Crippen molar-refractivity contribution in [2.75, 3.05) is 4.72 Å². The molecule has 0 atom stereocenters. The van der Waals surface area contributed by atoms with Crippen LogP contribution in [-0.2, 0) is 10.0 Å². The quantitative estimate of drug-likeness (QED) is 0.882. The van der Waals surface area contributed by atoms with Gasteiger partial charge in [-0.1, -0.05) is 12.1 Å². The van der Waals surface area contributed by atoms with E-state index in [1.165, 1.54) is 42.5 Å². The van der Waals surface area contributed by atoms with Gasteiger partial charge >= 0.3 is 0 Å². The Hall–Kier alpha value is -2.41. The van der Waals surface area contributed by atoms with Crippen molar-refractivity contribution < 1.29 is 17.6 Å². The van der Waals surface area contributed by atoms with Gasteiger partial charge in [-0.3, -0.25) is 9.52 Å². The van der Waals surface area contributed by atoms with Crippen LogP contribution in [0, 0.1) is 5.82 Å². The fourth-order valence-corrected chi connectivity index (χ4v) is 3.20. The number of hydrogen-bond donors (Lipinski definition) is 2. The van der Waals surface area contributed by atoms with Gasteiger partial charge in [-0.25, -0.2) is 12.8 Å².